The number of aromatic nitrogens is 1. The molecule has 0 fully saturated rings. The van der Waals surface area contributed by atoms with E-state index < -0.39 is 0 Å². The van der Waals surface area contributed by atoms with Crippen molar-refractivity contribution in [2.45, 2.75) is 20.4 Å². The number of Topliss-reactive ketones (excluding diaryl/α,β-unsaturated/α-hetero) is 1. The molecule has 0 bridgehead atoms. The monoisotopic (exact) mass is 326 g/mol. The smallest absolute Gasteiger partial charge is 0.204 e. The molecule has 0 saturated carbocycles. The highest BCUT2D eigenvalue weighted by Gasteiger charge is 2.16. The summed E-state index contributed by atoms with van der Waals surface area (Å²) in [4.78, 5) is 17.4. The van der Waals surface area contributed by atoms with Crippen LogP contribution in [0.15, 0.2) is 56.8 Å². The van der Waals surface area contributed by atoms with E-state index >= 15 is 0 Å². The van der Waals surface area contributed by atoms with Crippen LogP contribution in [0.25, 0.3) is 0 Å². The lowest BCUT2D eigenvalue weighted by Crippen LogP contribution is -2.09. The zero-order valence-corrected chi connectivity index (χ0v) is 13.6. The van der Waals surface area contributed by atoms with Gasteiger partial charge in [-0.2, -0.15) is 0 Å². The lowest BCUT2D eigenvalue weighted by molar-refractivity contribution is 0.0777. The van der Waals surface area contributed by atoms with Crippen LogP contribution in [0.5, 0.6) is 0 Å². The number of aryl methyl sites for hydroxylation is 1. The van der Waals surface area contributed by atoms with Gasteiger partial charge in [0.1, 0.15) is 17.7 Å². The van der Waals surface area contributed by atoms with Crippen LogP contribution >= 0.6 is 0 Å². The van der Waals surface area contributed by atoms with Crippen LogP contribution in [-0.4, -0.2) is 23.2 Å². The molecule has 0 N–H and O–H groups in total. The first kappa shape index (κ1) is 15.9. The third-order valence-electron chi connectivity index (χ3n) is 3.76. The highest BCUT2D eigenvalue weighted by Crippen LogP contribution is 2.18. The van der Waals surface area contributed by atoms with E-state index in [2.05, 4.69) is 5.16 Å². The van der Waals surface area contributed by atoms with Crippen LogP contribution < -0.4 is 0 Å². The number of hydrogen-bond acceptors (Lipinski definition) is 5. The van der Waals surface area contributed by atoms with E-state index in [1.54, 1.807) is 24.7 Å². The van der Waals surface area contributed by atoms with Crippen LogP contribution in [0, 0.1) is 13.8 Å². The maximum atomic E-state index is 12.3. The van der Waals surface area contributed by atoms with Crippen molar-refractivity contribution in [1.29, 1.82) is 0 Å². The van der Waals surface area contributed by atoms with Crippen LogP contribution in [0.4, 0.5) is 0 Å². The molecule has 0 saturated heterocycles. The summed E-state index contributed by atoms with van der Waals surface area (Å²) in [7, 11) is 0. The Labute approximate surface area is 139 Å². The fourth-order valence-electron chi connectivity index (χ4n) is 2.51. The Kier molecular flexibility index (Phi) is 4.65. The minimum atomic E-state index is -0.123. The Bertz CT molecular complexity index is 827. The molecule has 3 aromatic rings. The largest absolute Gasteiger partial charge is 0.467 e. The van der Waals surface area contributed by atoms with Crippen molar-refractivity contribution >= 4 is 12.0 Å². The molecule has 0 spiro atoms. The van der Waals surface area contributed by atoms with Gasteiger partial charge in [0, 0.05) is 17.0 Å². The highest BCUT2D eigenvalue weighted by atomic mass is 16.6. The third kappa shape index (κ3) is 3.48. The first-order chi connectivity index (χ1) is 11.6. The third-order valence-corrected chi connectivity index (χ3v) is 3.76. The molecule has 0 aromatic carbocycles. The maximum Gasteiger partial charge on any atom is 0.204 e. The van der Waals surface area contributed by atoms with Gasteiger partial charge in [-0.25, -0.2) is 0 Å². The Morgan fingerprint density at radius 2 is 2.04 bits per heavy atom. The second-order valence-corrected chi connectivity index (χ2v) is 5.40. The summed E-state index contributed by atoms with van der Waals surface area (Å²) in [5, 5.41) is 3.74. The van der Waals surface area contributed by atoms with Crippen LogP contribution in [0.1, 0.15) is 33.3 Å². The molecule has 0 aliphatic rings. The first-order valence-corrected chi connectivity index (χ1v) is 7.56. The topological polar surface area (TPSA) is 69.9 Å². The molecule has 6 nitrogen and oxygen atoms in total. The SMILES string of the molecule is Cc1cc(C(=O)CO/N=C/c2ccco2)c(C)n1Cc1ccco1. The van der Waals surface area contributed by atoms with Gasteiger partial charge in [0.15, 0.2) is 6.61 Å². The Morgan fingerprint density at radius 3 is 2.75 bits per heavy atom. The van der Waals surface area contributed by atoms with Gasteiger partial charge in [-0.05, 0) is 44.2 Å². The molecule has 3 aromatic heterocycles. The Morgan fingerprint density at radius 1 is 1.25 bits per heavy atom. The highest BCUT2D eigenvalue weighted by molar-refractivity contribution is 5.98. The van der Waals surface area contributed by atoms with Crippen LogP contribution in [-0.2, 0) is 11.4 Å². The fourth-order valence-corrected chi connectivity index (χ4v) is 2.51. The zero-order chi connectivity index (χ0) is 16.9. The fraction of sp³-hybridized carbons (Fsp3) is 0.222. The lowest BCUT2D eigenvalue weighted by atomic mass is 10.1. The van der Waals surface area contributed by atoms with E-state index in [0.29, 0.717) is 17.9 Å². The Balaban J connectivity index is 1.64. The number of rotatable bonds is 7. The van der Waals surface area contributed by atoms with Gasteiger partial charge in [-0.1, -0.05) is 5.16 Å². The minimum Gasteiger partial charge on any atom is -0.467 e. The van der Waals surface area contributed by atoms with Crippen molar-refractivity contribution in [3.63, 3.8) is 0 Å². The normalized spacial score (nSPS) is 11.2. The molecule has 0 unspecified atom stereocenters. The van der Waals surface area contributed by atoms with Gasteiger partial charge in [0.2, 0.25) is 5.78 Å². The predicted molar refractivity (Wildman–Crippen MR) is 88.3 cm³/mol. The summed E-state index contributed by atoms with van der Waals surface area (Å²) in [6.45, 7) is 4.34. The Hall–Kier alpha value is -3.02. The number of carbonyl (C=O) groups excluding carboxylic acids is 1. The summed E-state index contributed by atoms with van der Waals surface area (Å²) >= 11 is 0. The average molecular weight is 326 g/mol. The summed E-state index contributed by atoms with van der Waals surface area (Å²) in [6, 6.07) is 9.12. The van der Waals surface area contributed by atoms with Crippen molar-refractivity contribution in [2.24, 2.45) is 5.16 Å². The second kappa shape index (κ2) is 7.04. The van der Waals surface area contributed by atoms with Gasteiger partial charge in [0.25, 0.3) is 0 Å². The number of furan rings is 2. The molecule has 3 rings (SSSR count). The van der Waals surface area contributed by atoms with Crippen molar-refractivity contribution in [2.75, 3.05) is 6.61 Å². The van der Waals surface area contributed by atoms with Gasteiger partial charge in [0.05, 0.1) is 19.1 Å². The van der Waals surface area contributed by atoms with Gasteiger partial charge in [-0.15, -0.1) is 0 Å². The molecule has 124 valence electrons. The predicted octanol–water partition coefficient (Wildman–Crippen LogP) is 3.57. The quantitative estimate of drug-likeness (QED) is 0.378. The average Bonchev–Trinajstić information content (AvgIpc) is 3.30. The summed E-state index contributed by atoms with van der Waals surface area (Å²) < 4.78 is 12.5. The molecular formula is C18H18N2O4. The number of nitrogens with zero attached hydrogens (tertiary/aromatic N) is 2. The molecule has 6 heteroatoms. The van der Waals surface area contributed by atoms with Crippen molar-refractivity contribution in [1.82, 2.24) is 4.57 Å². The number of hydrogen-bond donors (Lipinski definition) is 0. The van der Waals surface area contributed by atoms with E-state index in [1.807, 2.05) is 36.6 Å². The first-order valence-electron chi connectivity index (χ1n) is 7.56. The molecular weight excluding hydrogens is 308 g/mol. The van der Waals surface area contributed by atoms with Crippen LogP contribution in [0.3, 0.4) is 0 Å². The summed E-state index contributed by atoms with van der Waals surface area (Å²) in [6.07, 6.45) is 4.61. The molecule has 3 heterocycles. The maximum absolute atomic E-state index is 12.3. The van der Waals surface area contributed by atoms with Gasteiger partial charge < -0.3 is 18.2 Å². The zero-order valence-electron chi connectivity index (χ0n) is 13.6. The molecule has 0 aliphatic carbocycles. The summed E-state index contributed by atoms with van der Waals surface area (Å²) in [5.74, 6) is 1.29. The van der Waals surface area contributed by atoms with E-state index in [-0.39, 0.29) is 12.4 Å². The van der Waals surface area contributed by atoms with Crippen molar-refractivity contribution < 1.29 is 18.5 Å². The van der Waals surface area contributed by atoms with Crippen molar-refractivity contribution in [3.05, 3.63) is 71.3 Å². The lowest BCUT2D eigenvalue weighted by Gasteiger charge is -2.07. The number of carbonyl (C=O) groups is 1. The molecule has 0 atom stereocenters. The molecule has 0 amide bonds. The van der Waals surface area contributed by atoms with Gasteiger partial charge >= 0.3 is 0 Å². The number of ketones is 1. The van der Waals surface area contributed by atoms with Crippen molar-refractivity contribution in [3.8, 4) is 0 Å². The molecule has 24 heavy (non-hydrogen) atoms. The van der Waals surface area contributed by atoms with Gasteiger partial charge in [-0.3, -0.25) is 4.79 Å². The van der Waals surface area contributed by atoms with E-state index in [0.717, 1.165) is 17.1 Å². The minimum absolute atomic E-state index is 0.120. The standard InChI is InChI=1S/C18H18N2O4/c1-13-9-17(14(2)20(13)11-16-6-4-8-23-16)18(21)12-24-19-10-15-5-3-7-22-15/h3-10H,11-12H2,1-2H3/b19-10+. The van der Waals surface area contributed by atoms with E-state index in [4.69, 9.17) is 13.7 Å². The second-order valence-electron chi connectivity index (χ2n) is 5.40. The summed E-state index contributed by atoms with van der Waals surface area (Å²) in [5.41, 5.74) is 2.51. The molecule has 0 radical (unpaired) electrons. The van der Waals surface area contributed by atoms with Crippen LogP contribution in [0.2, 0.25) is 0 Å². The number of oxime groups is 1. The van der Waals surface area contributed by atoms with E-state index in [1.165, 1.54) is 6.21 Å². The molecule has 0 aliphatic heterocycles. The van der Waals surface area contributed by atoms with E-state index in [9.17, 15) is 4.79 Å².